The van der Waals surface area contributed by atoms with Crippen LogP contribution in [0.5, 0.6) is 0 Å². The van der Waals surface area contributed by atoms with Crippen LogP contribution in [0.25, 0.3) is 0 Å². The van der Waals surface area contributed by atoms with Crippen LogP contribution in [0.1, 0.15) is 20.8 Å². The van der Waals surface area contributed by atoms with Crippen molar-refractivity contribution in [2.24, 2.45) is 0 Å². The summed E-state index contributed by atoms with van der Waals surface area (Å²) in [4.78, 5) is 2.12. The molecule has 0 aromatic rings. The smallest absolute Gasteiger partial charge is 0.168 e. The third-order valence-corrected chi connectivity index (χ3v) is 1.78. The summed E-state index contributed by atoms with van der Waals surface area (Å²) in [6.45, 7) is 9.15. The summed E-state index contributed by atoms with van der Waals surface area (Å²) in [6.07, 6.45) is 0. The van der Waals surface area contributed by atoms with Crippen molar-refractivity contribution in [3.63, 3.8) is 0 Å². The van der Waals surface area contributed by atoms with Gasteiger partial charge < -0.3 is 10.2 Å². The Morgan fingerprint density at radius 3 is 2.00 bits per heavy atom. The Labute approximate surface area is 81.8 Å². The molecule has 0 aliphatic carbocycles. The van der Waals surface area contributed by atoms with E-state index in [2.05, 4.69) is 31.0 Å². The highest BCUT2D eigenvalue weighted by Crippen LogP contribution is 1.87. The number of nitrogens with one attached hydrogen (secondary N) is 1. The zero-order valence-electron chi connectivity index (χ0n) is 7.48. The second kappa shape index (κ2) is 8.14. The molecule has 0 heterocycles. The molecule has 0 aliphatic rings. The van der Waals surface area contributed by atoms with E-state index in [1.165, 1.54) is 0 Å². The molecule has 0 unspecified atom stereocenters. The van der Waals surface area contributed by atoms with Crippen molar-refractivity contribution in [1.29, 1.82) is 0 Å². The first kappa shape index (κ1) is 13.6. The minimum absolute atomic E-state index is 0. The summed E-state index contributed by atoms with van der Waals surface area (Å²) in [5.74, 6) is 0. The highest BCUT2D eigenvalue weighted by atomic mass is 32.1. The average Bonchev–Trinajstić information content (AvgIpc) is 1.91. The van der Waals surface area contributed by atoms with Crippen molar-refractivity contribution in [2.75, 3.05) is 19.6 Å². The second-order valence-corrected chi connectivity index (χ2v) is 2.39. The highest BCUT2D eigenvalue weighted by Gasteiger charge is 2.00. The quantitative estimate of drug-likeness (QED) is 0.683. The van der Waals surface area contributed by atoms with Crippen LogP contribution in [-0.4, -0.2) is 29.6 Å². The Morgan fingerprint density at radius 2 is 1.73 bits per heavy atom. The van der Waals surface area contributed by atoms with Crippen molar-refractivity contribution in [3.8, 4) is 0 Å². The number of thiocarbonyl (C=S) groups is 1. The molecule has 0 spiro atoms. The highest BCUT2D eigenvalue weighted by molar-refractivity contribution is 7.80. The van der Waals surface area contributed by atoms with E-state index in [0.717, 1.165) is 24.7 Å². The summed E-state index contributed by atoms with van der Waals surface area (Å²) >= 11 is 5.09. The third kappa shape index (κ3) is 5.32. The fourth-order valence-corrected chi connectivity index (χ4v) is 1.18. The molecule has 0 amide bonds. The number of hydrogen-bond donors (Lipinski definition) is 1. The molecule has 0 rings (SSSR count). The normalized spacial score (nSPS) is 8.27. The maximum Gasteiger partial charge on any atom is 0.168 e. The van der Waals surface area contributed by atoms with Gasteiger partial charge in [-0.1, -0.05) is 0 Å². The van der Waals surface area contributed by atoms with Crippen LogP contribution >= 0.6 is 25.7 Å². The number of hydrogen-bond acceptors (Lipinski definition) is 1. The van der Waals surface area contributed by atoms with E-state index in [1.807, 2.05) is 0 Å². The lowest BCUT2D eigenvalue weighted by molar-refractivity contribution is 0.457. The topological polar surface area (TPSA) is 15.3 Å². The predicted molar refractivity (Wildman–Crippen MR) is 59.6 cm³/mol. The van der Waals surface area contributed by atoms with Gasteiger partial charge in [0.2, 0.25) is 0 Å². The molecule has 0 radical (unpaired) electrons. The molecule has 0 aliphatic heterocycles. The Bertz CT molecular complexity index is 103. The molecule has 0 aromatic heterocycles. The van der Waals surface area contributed by atoms with E-state index in [9.17, 15) is 0 Å². The van der Waals surface area contributed by atoms with Crippen LogP contribution in [0.4, 0.5) is 0 Å². The molecule has 68 valence electrons. The van der Waals surface area contributed by atoms with Gasteiger partial charge in [-0.05, 0) is 33.0 Å². The first-order valence-corrected chi connectivity index (χ1v) is 4.19. The van der Waals surface area contributed by atoms with Crippen LogP contribution in [0.3, 0.4) is 0 Å². The van der Waals surface area contributed by atoms with E-state index >= 15 is 0 Å². The lowest BCUT2D eigenvalue weighted by atomic mass is 10.5. The monoisotopic (exact) mass is 194 g/mol. The van der Waals surface area contributed by atoms with Crippen molar-refractivity contribution in [2.45, 2.75) is 20.8 Å². The first-order chi connectivity index (χ1) is 4.76. The molecule has 0 saturated carbocycles. The summed E-state index contributed by atoms with van der Waals surface area (Å²) in [5, 5.41) is 3.97. The molecule has 0 aromatic carbocycles. The van der Waals surface area contributed by atoms with Gasteiger partial charge in [-0.25, -0.2) is 0 Å². The van der Waals surface area contributed by atoms with Gasteiger partial charge in [0.05, 0.1) is 0 Å². The van der Waals surface area contributed by atoms with Crippen LogP contribution in [0, 0.1) is 0 Å². The minimum atomic E-state index is 0. The van der Waals surface area contributed by atoms with Crippen LogP contribution < -0.4 is 5.32 Å². The molecule has 4 heteroatoms. The Hall–Kier alpha value is 0.0400. The van der Waals surface area contributed by atoms with Gasteiger partial charge in [0, 0.05) is 19.6 Å². The maximum atomic E-state index is 5.09. The van der Waals surface area contributed by atoms with E-state index in [1.54, 1.807) is 0 Å². The summed E-state index contributed by atoms with van der Waals surface area (Å²) in [6, 6.07) is 0. The van der Waals surface area contributed by atoms with Crippen molar-refractivity contribution in [1.82, 2.24) is 10.2 Å². The van der Waals surface area contributed by atoms with E-state index in [4.69, 9.17) is 12.2 Å². The molecule has 11 heavy (non-hydrogen) atoms. The van der Waals surface area contributed by atoms with E-state index in [0.29, 0.717) is 0 Å². The van der Waals surface area contributed by atoms with Gasteiger partial charge in [0.1, 0.15) is 0 Å². The van der Waals surface area contributed by atoms with Crippen molar-refractivity contribution >= 4 is 30.8 Å². The van der Waals surface area contributed by atoms with Gasteiger partial charge >= 0.3 is 0 Å². The van der Waals surface area contributed by atoms with Crippen molar-refractivity contribution < 1.29 is 0 Å². The van der Waals surface area contributed by atoms with Gasteiger partial charge in [-0.3, -0.25) is 0 Å². The van der Waals surface area contributed by atoms with Gasteiger partial charge in [-0.2, -0.15) is 13.5 Å². The van der Waals surface area contributed by atoms with Gasteiger partial charge in [0.15, 0.2) is 5.11 Å². The minimum Gasteiger partial charge on any atom is -0.363 e. The first-order valence-electron chi connectivity index (χ1n) is 3.79. The fourth-order valence-electron chi connectivity index (χ4n) is 0.774. The molecule has 1 N–H and O–H groups in total. The zero-order valence-corrected chi connectivity index (χ0v) is 9.29. The Balaban J connectivity index is 0. The molecule has 0 atom stereocenters. The largest absolute Gasteiger partial charge is 0.363 e. The zero-order chi connectivity index (χ0) is 7.98. The lowest BCUT2D eigenvalue weighted by Crippen LogP contribution is -2.39. The maximum absolute atomic E-state index is 5.09. The molecule has 0 fully saturated rings. The molecule has 0 bridgehead atoms. The fraction of sp³-hybridized carbons (Fsp3) is 0.857. The summed E-state index contributed by atoms with van der Waals surface area (Å²) < 4.78 is 0. The number of nitrogens with zero attached hydrogens (tertiary/aromatic N) is 1. The Kier molecular flexibility index (Phi) is 10.1. The van der Waals surface area contributed by atoms with Crippen LogP contribution in [-0.2, 0) is 0 Å². The Morgan fingerprint density at radius 1 is 1.27 bits per heavy atom. The average molecular weight is 194 g/mol. The van der Waals surface area contributed by atoms with Crippen LogP contribution in [0.15, 0.2) is 0 Å². The molecular formula is C7H18N2S2. The van der Waals surface area contributed by atoms with Crippen molar-refractivity contribution in [3.05, 3.63) is 0 Å². The standard InChI is InChI=1S/C7H16N2S.H2S/c1-4-8-7(10)9(5-2)6-3;/h4-6H2,1-3H3,(H,8,10);1H2. The van der Waals surface area contributed by atoms with Crippen LogP contribution in [0.2, 0.25) is 0 Å². The molecular weight excluding hydrogens is 176 g/mol. The summed E-state index contributed by atoms with van der Waals surface area (Å²) in [7, 11) is 0. The van der Waals surface area contributed by atoms with E-state index in [-0.39, 0.29) is 13.5 Å². The third-order valence-electron chi connectivity index (χ3n) is 1.38. The SMILES string of the molecule is CCNC(=S)N(CC)CC.S. The number of rotatable bonds is 3. The van der Waals surface area contributed by atoms with Gasteiger partial charge in [0.25, 0.3) is 0 Å². The van der Waals surface area contributed by atoms with E-state index < -0.39 is 0 Å². The lowest BCUT2D eigenvalue weighted by Gasteiger charge is -2.21. The second-order valence-electron chi connectivity index (χ2n) is 2.01. The summed E-state index contributed by atoms with van der Waals surface area (Å²) in [5.41, 5.74) is 0. The molecule has 2 nitrogen and oxygen atoms in total. The van der Waals surface area contributed by atoms with Gasteiger partial charge in [-0.15, -0.1) is 0 Å². The molecule has 0 saturated heterocycles. The predicted octanol–water partition coefficient (Wildman–Crippen LogP) is 1.34.